The average molecular weight is 242 g/mol. The molecule has 5 heteroatoms. The molecule has 1 heterocycles. The van der Waals surface area contributed by atoms with Crippen LogP contribution < -0.4 is 5.73 Å². The van der Waals surface area contributed by atoms with Crippen molar-refractivity contribution >= 4 is 11.9 Å². The number of ether oxygens (including phenoxy) is 1. The van der Waals surface area contributed by atoms with E-state index in [2.05, 4.69) is 0 Å². The summed E-state index contributed by atoms with van der Waals surface area (Å²) in [6, 6.07) is 0. The molecule has 17 heavy (non-hydrogen) atoms. The standard InChI is InChI=1S/C12H22N2O3/c1-12(2,3)17-11(16)14-7-5-10(15)9(8-14)4-6-13/h9H,4-8,13H2,1-3H3. The molecule has 98 valence electrons. The summed E-state index contributed by atoms with van der Waals surface area (Å²) in [6.45, 7) is 6.85. The van der Waals surface area contributed by atoms with Gasteiger partial charge < -0.3 is 15.4 Å². The maximum Gasteiger partial charge on any atom is 0.410 e. The van der Waals surface area contributed by atoms with Crippen molar-refractivity contribution in [1.29, 1.82) is 0 Å². The molecule has 1 aliphatic heterocycles. The third-order valence-corrected chi connectivity index (χ3v) is 2.69. The van der Waals surface area contributed by atoms with Crippen molar-refractivity contribution in [2.45, 2.75) is 39.2 Å². The van der Waals surface area contributed by atoms with E-state index in [1.165, 1.54) is 0 Å². The summed E-state index contributed by atoms with van der Waals surface area (Å²) in [5, 5.41) is 0. The molecule has 0 spiro atoms. The first kappa shape index (κ1) is 14.0. The number of carbonyl (C=O) groups excluding carboxylic acids is 2. The van der Waals surface area contributed by atoms with Gasteiger partial charge in [0.15, 0.2) is 0 Å². The number of hydrogen-bond donors (Lipinski definition) is 1. The lowest BCUT2D eigenvalue weighted by molar-refractivity contribution is -0.126. The van der Waals surface area contributed by atoms with Crippen LogP contribution >= 0.6 is 0 Å². The Morgan fingerprint density at radius 3 is 2.71 bits per heavy atom. The van der Waals surface area contributed by atoms with Crippen molar-refractivity contribution in [3.8, 4) is 0 Å². The molecule has 2 N–H and O–H groups in total. The van der Waals surface area contributed by atoms with Crippen LogP contribution in [0.1, 0.15) is 33.6 Å². The minimum atomic E-state index is -0.498. The summed E-state index contributed by atoms with van der Waals surface area (Å²) in [5.74, 6) is 0.0801. The molecule has 1 amide bonds. The minimum absolute atomic E-state index is 0.124. The molecule has 1 atom stereocenters. The van der Waals surface area contributed by atoms with E-state index < -0.39 is 5.60 Å². The summed E-state index contributed by atoms with van der Waals surface area (Å²) in [7, 11) is 0. The highest BCUT2D eigenvalue weighted by Gasteiger charge is 2.31. The maximum atomic E-state index is 11.8. The Hall–Kier alpha value is -1.10. The van der Waals surface area contributed by atoms with Crippen molar-refractivity contribution in [3.63, 3.8) is 0 Å². The summed E-state index contributed by atoms with van der Waals surface area (Å²) in [6.07, 6.45) is 0.703. The Morgan fingerprint density at radius 2 is 2.18 bits per heavy atom. The number of hydrogen-bond acceptors (Lipinski definition) is 4. The van der Waals surface area contributed by atoms with Crippen molar-refractivity contribution in [1.82, 2.24) is 4.90 Å². The quantitative estimate of drug-likeness (QED) is 0.788. The molecule has 0 aromatic carbocycles. The fourth-order valence-corrected chi connectivity index (χ4v) is 1.85. The molecule has 1 unspecified atom stereocenters. The molecule has 1 saturated heterocycles. The molecule has 0 bridgehead atoms. The zero-order valence-electron chi connectivity index (χ0n) is 10.9. The lowest BCUT2D eigenvalue weighted by atomic mass is 9.94. The van der Waals surface area contributed by atoms with Crippen LogP contribution in [0.15, 0.2) is 0 Å². The first-order valence-corrected chi connectivity index (χ1v) is 6.04. The first-order valence-electron chi connectivity index (χ1n) is 6.04. The fourth-order valence-electron chi connectivity index (χ4n) is 1.85. The summed E-state index contributed by atoms with van der Waals surface area (Å²) < 4.78 is 5.28. The van der Waals surface area contributed by atoms with Gasteiger partial charge in [-0.15, -0.1) is 0 Å². The SMILES string of the molecule is CC(C)(C)OC(=O)N1CCC(=O)C(CCN)C1. The van der Waals surface area contributed by atoms with Gasteiger partial charge in [-0.1, -0.05) is 0 Å². The zero-order valence-corrected chi connectivity index (χ0v) is 10.9. The smallest absolute Gasteiger partial charge is 0.410 e. The van der Waals surface area contributed by atoms with Crippen molar-refractivity contribution < 1.29 is 14.3 Å². The van der Waals surface area contributed by atoms with Gasteiger partial charge in [0.1, 0.15) is 11.4 Å². The van der Waals surface area contributed by atoms with Crippen molar-refractivity contribution in [3.05, 3.63) is 0 Å². The van der Waals surface area contributed by atoms with E-state index in [9.17, 15) is 9.59 Å². The molecule has 1 aliphatic rings. The van der Waals surface area contributed by atoms with Crippen LogP contribution in [0.3, 0.4) is 0 Å². The predicted molar refractivity (Wildman–Crippen MR) is 64.6 cm³/mol. The highest BCUT2D eigenvalue weighted by Crippen LogP contribution is 2.18. The first-order chi connectivity index (χ1) is 7.83. The average Bonchev–Trinajstić information content (AvgIpc) is 2.19. The number of likely N-dealkylation sites (tertiary alicyclic amines) is 1. The largest absolute Gasteiger partial charge is 0.444 e. The number of rotatable bonds is 2. The third kappa shape index (κ3) is 4.34. The maximum absolute atomic E-state index is 11.8. The van der Waals surface area contributed by atoms with Gasteiger partial charge >= 0.3 is 6.09 Å². The summed E-state index contributed by atoms with van der Waals surface area (Å²) >= 11 is 0. The topological polar surface area (TPSA) is 72.6 Å². The molecule has 0 aromatic heterocycles. The number of amides is 1. The second-order valence-electron chi connectivity index (χ2n) is 5.42. The van der Waals surface area contributed by atoms with Gasteiger partial charge in [-0.2, -0.15) is 0 Å². The third-order valence-electron chi connectivity index (χ3n) is 2.69. The zero-order chi connectivity index (χ0) is 13.1. The molecule has 1 fully saturated rings. The molecular formula is C12H22N2O3. The summed E-state index contributed by atoms with van der Waals surface area (Å²) in [4.78, 5) is 25.0. The van der Waals surface area contributed by atoms with Gasteiger partial charge in [-0.3, -0.25) is 4.79 Å². The molecule has 5 nitrogen and oxygen atoms in total. The Labute approximate surface area is 102 Å². The van der Waals surface area contributed by atoms with E-state index in [1.807, 2.05) is 20.8 Å². The number of piperidine rings is 1. The van der Waals surface area contributed by atoms with Gasteiger partial charge in [-0.05, 0) is 33.7 Å². The van der Waals surface area contributed by atoms with Gasteiger partial charge in [0, 0.05) is 25.4 Å². The highest BCUT2D eigenvalue weighted by molar-refractivity contribution is 5.84. The van der Waals surface area contributed by atoms with E-state index in [1.54, 1.807) is 4.90 Å². The van der Waals surface area contributed by atoms with Crippen LogP contribution in [0.5, 0.6) is 0 Å². The molecule has 0 radical (unpaired) electrons. The van der Waals surface area contributed by atoms with Crippen LogP contribution in [0, 0.1) is 5.92 Å². The Morgan fingerprint density at radius 1 is 1.53 bits per heavy atom. The number of nitrogens with two attached hydrogens (primary N) is 1. The fraction of sp³-hybridized carbons (Fsp3) is 0.833. The van der Waals surface area contributed by atoms with Crippen LogP contribution in [-0.4, -0.2) is 42.0 Å². The van der Waals surface area contributed by atoms with E-state index in [-0.39, 0.29) is 17.8 Å². The van der Waals surface area contributed by atoms with E-state index >= 15 is 0 Å². The van der Waals surface area contributed by atoms with E-state index in [0.717, 1.165) is 0 Å². The van der Waals surface area contributed by atoms with E-state index in [0.29, 0.717) is 32.5 Å². The molecule has 0 saturated carbocycles. The Bertz CT molecular complexity index is 297. The predicted octanol–water partition coefficient (Wildman–Crippen LogP) is 1.16. The number of ketones is 1. The Balaban J connectivity index is 2.55. The normalized spacial score (nSPS) is 21.5. The van der Waals surface area contributed by atoms with Crippen molar-refractivity contribution in [2.75, 3.05) is 19.6 Å². The Kier molecular flexibility index (Phi) is 4.51. The second-order valence-corrected chi connectivity index (χ2v) is 5.42. The van der Waals surface area contributed by atoms with E-state index in [4.69, 9.17) is 10.5 Å². The number of carbonyl (C=O) groups is 2. The van der Waals surface area contributed by atoms with Crippen LogP contribution in [-0.2, 0) is 9.53 Å². The van der Waals surface area contributed by atoms with Crippen molar-refractivity contribution in [2.24, 2.45) is 11.7 Å². The molecular weight excluding hydrogens is 220 g/mol. The van der Waals surface area contributed by atoms with Crippen LogP contribution in [0.4, 0.5) is 4.79 Å². The van der Waals surface area contributed by atoms with Gasteiger partial charge in [-0.25, -0.2) is 4.79 Å². The molecule has 0 aliphatic carbocycles. The van der Waals surface area contributed by atoms with Gasteiger partial charge in [0.05, 0.1) is 0 Å². The highest BCUT2D eigenvalue weighted by atomic mass is 16.6. The van der Waals surface area contributed by atoms with Crippen LogP contribution in [0.2, 0.25) is 0 Å². The monoisotopic (exact) mass is 242 g/mol. The van der Waals surface area contributed by atoms with Crippen LogP contribution in [0.25, 0.3) is 0 Å². The minimum Gasteiger partial charge on any atom is -0.444 e. The van der Waals surface area contributed by atoms with Gasteiger partial charge in [0.25, 0.3) is 0 Å². The second kappa shape index (κ2) is 5.49. The lowest BCUT2D eigenvalue weighted by Crippen LogP contribution is -2.46. The number of Topliss-reactive ketones (excluding diaryl/α,β-unsaturated/α-hetero) is 1. The van der Waals surface area contributed by atoms with Gasteiger partial charge in [0.2, 0.25) is 0 Å². The summed E-state index contributed by atoms with van der Waals surface area (Å²) in [5.41, 5.74) is 4.96. The number of nitrogens with zero attached hydrogens (tertiary/aromatic N) is 1. The molecule has 1 rings (SSSR count). The lowest BCUT2D eigenvalue weighted by Gasteiger charge is -2.33. The molecule has 0 aromatic rings.